The molecule has 0 saturated heterocycles. The van der Waals surface area contributed by atoms with E-state index >= 15 is 0 Å². The Balaban J connectivity index is 1.61. The van der Waals surface area contributed by atoms with E-state index < -0.39 is 12.0 Å². The second kappa shape index (κ2) is 8.88. The van der Waals surface area contributed by atoms with Crippen molar-refractivity contribution >= 4 is 17.8 Å². The lowest BCUT2D eigenvalue weighted by Crippen LogP contribution is -2.44. The number of carbonyl (C=O) groups excluding carboxylic acids is 2. The Morgan fingerprint density at radius 3 is 2.41 bits per heavy atom. The van der Waals surface area contributed by atoms with Crippen molar-refractivity contribution < 1.29 is 23.9 Å². The number of hydrogen-bond acceptors (Lipinski definition) is 4. The maximum atomic E-state index is 12.3. The van der Waals surface area contributed by atoms with Crippen molar-refractivity contribution in [1.29, 1.82) is 0 Å². The summed E-state index contributed by atoms with van der Waals surface area (Å²) in [4.78, 5) is 35.4. The Morgan fingerprint density at radius 2 is 1.72 bits per heavy atom. The number of carboxylic acids is 1. The summed E-state index contributed by atoms with van der Waals surface area (Å²) in [5, 5.41) is 14.5. The van der Waals surface area contributed by atoms with Gasteiger partial charge in [0.1, 0.15) is 12.3 Å². The molecule has 0 aliphatic carbocycles. The molecule has 7 nitrogen and oxygen atoms in total. The molecule has 0 spiro atoms. The quantitative estimate of drug-likeness (QED) is 0.573. The summed E-state index contributed by atoms with van der Waals surface area (Å²) in [5.74, 6) is -1.69. The van der Waals surface area contributed by atoms with Crippen molar-refractivity contribution in [3.63, 3.8) is 0 Å². The highest BCUT2D eigenvalue weighted by molar-refractivity contribution is 5.97. The highest BCUT2D eigenvalue weighted by atomic mass is 16.4. The fourth-order valence-corrected chi connectivity index (χ4v) is 2.77. The van der Waals surface area contributed by atoms with Crippen molar-refractivity contribution in [1.82, 2.24) is 10.6 Å². The van der Waals surface area contributed by atoms with Crippen molar-refractivity contribution in [2.24, 2.45) is 0 Å². The largest absolute Gasteiger partial charge is 0.478 e. The molecule has 1 aromatic heterocycles. The van der Waals surface area contributed by atoms with Crippen molar-refractivity contribution in [3.05, 3.63) is 83.8 Å². The summed E-state index contributed by atoms with van der Waals surface area (Å²) in [7, 11) is 0. The summed E-state index contributed by atoms with van der Waals surface area (Å²) in [6.45, 7) is 1.87. The van der Waals surface area contributed by atoms with Crippen LogP contribution >= 0.6 is 0 Å². The van der Waals surface area contributed by atoms with E-state index in [1.807, 2.05) is 30.3 Å². The van der Waals surface area contributed by atoms with Crippen LogP contribution in [-0.2, 0) is 11.3 Å². The summed E-state index contributed by atoms with van der Waals surface area (Å²) >= 11 is 0. The van der Waals surface area contributed by atoms with Crippen LogP contribution in [-0.4, -0.2) is 28.9 Å². The molecule has 2 aromatic carbocycles. The molecule has 1 atom stereocenters. The molecule has 3 aromatic rings. The normalized spacial score (nSPS) is 11.5. The minimum Gasteiger partial charge on any atom is -0.478 e. The van der Waals surface area contributed by atoms with Gasteiger partial charge in [-0.15, -0.1) is 0 Å². The Kier molecular flexibility index (Phi) is 6.09. The average Bonchev–Trinajstić information content (AvgIpc) is 3.27. The Morgan fingerprint density at radius 1 is 1.00 bits per heavy atom. The number of carboxylic acid groups (broad SMARTS) is 1. The number of hydrogen-bond donors (Lipinski definition) is 3. The second-order valence-electron chi connectivity index (χ2n) is 6.51. The SMILES string of the molecule is CC(NC(=O)c1ccoc1)C(=O)NCc1cccc(-c2cccc(C(=O)O)c2)c1. The van der Waals surface area contributed by atoms with Gasteiger partial charge in [0.2, 0.25) is 5.91 Å². The number of benzene rings is 2. The fourth-order valence-electron chi connectivity index (χ4n) is 2.77. The zero-order chi connectivity index (χ0) is 20.8. The monoisotopic (exact) mass is 392 g/mol. The summed E-state index contributed by atoms with van der Waals surface area (Å²) in [5.41, 5.74) is 3.04. The predicted octanol–water partition coefficient (Wildman–Crippen LogP) is 3.08. The lowest BCUT2D eigenvalue weighted by atomic mass is 10.0. The van der Waals surface area contributed by atoms with Crippen LogP contribution in [0.25, 0.3) is 11.1 Å². The maximum absolute atomic E-state index is 12.3. The van der Waals surface area contributed by atoms with Gasteiger partial charge < -0.3 is 20.2 Å². The van der Waals surface area contributed by atoms with Crippen LogP contribution in [0.15, 0.2) is 71.5 Å². The van der Waals surface area contributed by atoms with Gasteiger partial charge in [0, 0.05) is 6.54 Å². The Labute approximate surface area is 167 Å². The molecule has 148 valence electrons. The van der Waals surface area contributed by atoms with Crippen LogP contribution in [0.5, 0.6) is 0 Å². The van der Waals surface area contributed by atoms with E-state index in [0.717, 1.165) is 16.7 Å². The minimum absolute atomic E-state index is 0.211. The third kappa shape index (κ3) is 5.10. The molecule has 29 heavy (non-hydrogen) atoms. The van der Waals surface area contributed by atoms with Gasteiger partial charge in [-0.05, 0) is 47.9 Å². The molecular weight excluding hydrogens is 372 g/mol. The van der Waals surface area contributed by atoms with Crippen LogP contribution in [0.4, 0.5) is 0 Å². The zero-order valence-electron chi connectivity index (χ0n) is 15.7. The van der Waals surface area contributed by atoms with Gasteiger partial charge in [-0.2, -0.15) is 0 Å². The van der Waals surface area contributed by atoms with Gasteiger partial charge in [0.05, 0.1) is 17.4 Å². The molecule has 0 saturated carbocycles. The summed E-state index contributed by atoms with van der Waals surface area (Å²) in [6.07, 6.45) is 2.70. The van der Waals surface area contributed by atoms with Gasteiger partial charge in [-0.3, -0.25) is 9.59 Å². The maximum Gasteiger partial charge on any atom is 0.335 e. The molecule has 0 aliphatic heterocycles. The smallest absolute Gasteiger partial charge is 0.335 e. The number of carbonyl (C=O) groups is 3. The molecule has 0 bridgehead atoms. The van der Waals surface area contributed by atoms with E-state index in [1.54, 1.807) is 19.1 Å². The van der Waals surface area contributed by atoms with E-state index in [4.69, 9.17) is 9.52 Å². The van der Waals surface area contributed by atoms with E-state index in [-0.39, 0.29) is 23.9 Å². The van der Waals surface area contributed by atoms with Gasteiger partial charge in [-0.1, -0.05) is 30.3 Å². The lowest BCUT2D eigenvalue weighted by Gasteiger charge is -2.14. The molecule has 0 radical (unpaired) electrons. The van der Waals surface area contributed by atoms with Crippen molar-refractivity contribution in [3.8, 4) is 11.1 Å². The molecule has 0 aliphatic rings. The number of furan rings is 1. The first-order valence-electron chi connectivity index (χ1n) is 8.97. The number of aromatic carboxylic acids is 1. The number of nitrogens with one attached hydrogen (secondary N) is 2. The van der Waals surface area contributed by atoms with E-state index in [2.05, 4.69) is 10.6 Å². The van der Waals surface area contributed by atoms with Crippen LogP contribution in [0.2, 0.25) is 0 Å². The molecule has 3 rings (SSSR count). The Hall–Kier alpha value is -3.87. The van der Waals surface area contributed by atoms with E-state index in [0.29, 0.717) is 5.56 Å². The topological polar surface area (TPSA) is 109 Å². The molecular formula is C22H20N2O5. The molecule has 2 amide bonds. The zero-order valence-corrected chi connectivity index (χ0v) is 15.7. The van der Waals surface area contributed by atoms with Crippen molar-refractivity contribution in [2.45, 2.75) is 19.5 Å². The van der Waals surface area contributed by atoms with Crippen LogP contribution in [0.3, 0.4) is 0 Å². The Bertz CT molecular complexity index is 1030. The first kappa shape index (κ1) is 19.9. The number of rotatable bonds is 7. The highest BCUT2D eigenvalue weighted by Gasteiger charge is 2.17. The predicted molar refractivity (Wildman–Crippen MR) is 106 cm³/mol. The molecule has 1 heterocycles. The molecule has 3 N–H and O–H groups in total. The van der Waals surface area contributed by atoms with Gasteiger partial charge in [0.25, 0.3) is 5.91 Å². The van der Waals surface area contributed by atoms with Gasteiger partial charge in [0.15, 0.2) is 0 Å². The van der Waals surface area contributed by atoms with Crippen molar-refractivity contribution in [2.75, 3.05) is 0 Å². The number of amides is 2. The van der Waals surface area contributed by atoms with Crippen LogP contribution < -0.4 is 10.6 Å². The van der Waals surface area contributed by atoms with Gasteiger partial charge in [-0.25, -0.2) is 4.79 Å². The van der Waals surface area contributed by atoms with Gasteiger partial charge >= 0.3 is 5.97 Å². The third-order valence-electron chi connectivity index (χ3n) is 4.36. The third-order valence-corrected chi connectivity index (χ3v) is 4.36. The summed E-state index contributed by atoms with van der Waals surface area (Å²) < 4.78 is 4.86. The fraction of sp³-hybridized carbons (Fsp3) is 0.136. The first-order chi connectivity index (χ1) is 13.9. The standard InChI is InChI=1S/C22H20N2O5/c1-14(24-21(26)19-8-9-29-13-19)20(25)23-12-15-4-2-5-16(10-15)17-6-3-7-18(11-17)22(27)28/h2-11,13-14H,12H2,1H3,(H,23,25)(H,24,26)(H,27,28). The molecule has 1 unspecified atom stereocenters. The average molecular weight is 392 g/mol. The first-order valence-corrected chi connectivity index (χ1v) is 8.97. The van der Waals surface area contributed by atoms with E-state index in [1.165, 1.54) is 24.7 Å². The molecule has 0 fully saturated rings. The lowest BCUT2D eigenvalue weighted by molar-refractivity contribution is -0.122. The van der Waals surface area contributed by atoms with Crippen LogP contribution in [0, 0.1) is 0 Å². The van der Waals surface area contributed by atoms with E-state index in [9.17, 15) is 14.4 Å². The minimum atomic E-state index is -0.985. The second-order valence-corrected chi connectivity index (χ2v) is 6.51. The molecule has 7 heteroatoms. The van der Waals surface area contributed by atoms with Crippen LogP contribution in [0.1, 0.15) is 33.2 Å². The highest BCUT2D eigenvalue weighted by Crippen LogP contribution is 2.21. The summed E-state index contributed by atoms with van der Waals surface area (Å²) in [6, 6.07) is 14.9.